The molecule has 1 saturated carbocycles. The smallest absolute Gasteiger partial charge is 0.252 e. The first-order valence-electron chi connectivity index (χ1n) is 13.1. The summed E-state index contributed by atoms with van der Waals surface area (Å²) in [6.07, 6.45) is 6.62. The number of pyridine rings is 1. The maximum atomic E-state index is 13.8. The molecule has 2 atom stereocenters. The monoisotopic (exact) mass is 493 g/mol. The molecule has 2 aromatic heterocycles. The Hall–Kier alpha value is -3.71. The van der Waals surface area contributed by atoms with Crippen LogP contribution in [0.2, 0.25) is 0 Å². The number of carbonyl (C=O) groups is 1. The van der Waals surface area contributed by atoms with Crippen LogP contribution in [0.15, 0.2) is 59.3 Å². The Morgan fingerprint density at radius 2 is 1.89 bits per heavy atom. The zero-order chi connectivity index (χ0) is 25.3. The number of piperidine rings is 1. The third-order valence-electron chi connectivity index (χ3n) is 8.63. The molecule has 7 nitrogen and oxygen atoms in total. The quantitative estimate of drug-likeness (QED) is 0.430. The maximum Gasteiger partial charge on any atom is 0.252 e. The second-order valence-electron chi connectivity index (χ2n) is 11.0. The summed E-state index contributed by atoms with van der Waals surface area (Å²) in [4.78, 5) is 27.6. The number of rotatable bonds is 5. The highest BCUT2D eigenvalue weighted by Gasteiger charge is 2.47. The van der Waals surface area contributed by atoms with Gasteiger partial charge in [-0.2, -0.15) is 0 Å². The van der Waals surface area contributed by atoms with Crippen molar-refractivity contribution in [1.29, 1.82) is 0 Å². The highest BCUT2D eigenvalue weighted by molar-refractivity contribution is 5.98. The summed E-state index contributed by atoms with van der Waals surface area (Å²) in [5, 5.41) is 4.49. The van der Waals surface area contributed by atoms with E-state index >= 15 is 0 Å². The predicted molar refractivity (Wildman–Crippen MR) is 144 cm³/mol. The third kappa shape index (κ3) is 3.72. The maximum absolute atomic E-state index is 13.8. The second-order valence-corrected chi connectivity index (χ2v) is 11.0. The zero-order valence-corrected chi connectivity index (χ0v) is 21.5. The molecule has 188 valence electrons. The number of anilines is 1. The molecule has 2 aromatic carbocycles. The van der Waals surface area contributed by atoms with Crippen molar-refractivity contribution in [1.82, 2.24) is 20.2 Å². The third-order valence-corrected chi connectivity index (χ3v) is 8.63. The minimum Gasteiger partial charge on any atom is -0.441 e. The lowest BCUT2D eigenvalue weighted by molar-refractivity contribution is 0.0264. The van der Waals surface area contributed by atoms with Gasteiger partial charge >= 0.3 is 0 Å². The van der Waals surface area contributed by atoms with Crippen molar-refractivity contribution in [2.45, 2.75) is 50.7 Å². The molecule has 0 spiro atoms. The highest BCUT2D eigenvalue weighted by atomic mass is 16.4. The molecule has 2 bridgehead atoms. The van der Waals surface area contributed by atoms with Gasteiger partial charge in [-0.1, -0.05) is 12.1 Å². The predicted octanol–water partition coefficient (Wildman–Crippen LogP) is 4.82. The Balaban J connectivity index is 1.21. The first kappa shape index (κ1) is 22.5. The number of carbonyl (C=O) groups excluding carboxylic acids is 1. The van der Waals surface area contributed by atoms with Gasteiger partial charge in [0.2, 0.25) is 0 Å². The number of nitrogens with one attached hydrogen (secondary N) is 1. The number of hydrogen-bond donors (Lipinski definition) is 1. The number of oxazole rings is 1. The van der Waals surface area contributed by atoms with Crippen molar-refractivity contribution in [3.63, 3.8) is 0 Å². The van der Waals surface area contributed by atoms with Gasteiger partial charge in [0.05, 0.1) is 17.3 Å². The Labute approximate surface area is 216 Å². The van der Waals surface area contributed by atoms with Gasteiger partial charge in [0.15, 0.2) is 11.7 Å². The fraction of sp³-hybridized carbons (Fsp3) is 0.367. The zero-order valence-electron chi connectivity index (χ0n) is 21.5. The Morgan fingerprint density at radius 1 is 1.08 bits per heavy atom. The van der Waals surface area contributed by atoms with E-state index < -0.39 is 5.54 Å². The SMILES string of the molecule is Cc1ncc(-c2cc(C3(NC(=O)c4cc(N5CC6CC(C5)N6C)ccc4C)CC3)c3cccnc3c2)o1. The Morgan fingerprint density at radius 3 is 2.59 bits per heavy atom. The molecule has 2 unspecified atom stereocenters. The van der Waals surface area contributed by atoms with E-state index in [1.54, 1.807) is 12.4 Å². The number of hydrogen-bond acceptors (Lipinski definition) is 6. The van der Waals surface area contributed by atoms with E-state index in [1.807, 2.05) is 26.0 Å². The number of amides is 1. The van der Waals surface area contributed by atoms with Crippen LogP contribution >= 0.6 is 0 Å². The normalized spacial score (nSPS) is 22.1. The number of fused-ring (bicyclic) bond motifs is 3. The van der Waals surface area contributed by atoms with E-state index in [0.717, 1.165) is 64.8 Å². The minimum absolute atomic E-state index is 0.0194. The molecule has 4 aromatic rings. The van der Waals surface area contributed by atoms with Gasteiger partial charge in [-0.25, -0.2) is 4.98 Å². The molecule has 8 rings (SSSR count). The molecular weight excluding hydrogens is 462 g/mol. The summed E-state index contributed by atoms with van der Waals surface area (Å²) in [6.45, 7) is 5.90. The van der Waals surface area contributed by atoms with Gasteiger partial charge in [-0.05, 0) is 74.7 Å². The van der Waals surface area contributed by atoms with Crippen LogP contribution in [-0.4, -0.2) is 53.0 Å². The van der Waals surface area contributed by atoms with E-state index in [1.165, 1.54) is 6.42 Å². The van der Waals surface area contributed by atoms with Crippen LogP contribution in [0.4, 0.5) is 5.69 Å². The van der Waals surface area contributed by atoms with Crippen molar-refractivity contribution in [3.8, 4) is 11.3 Å². The molecule has 4 fully saturated rings. The lowest BCUT2D eigenvalue weighted by atomic mass is 9.88. The number of aryl methyl sites for hydroxylation is 2. The van der Waals surface area contributed by atoms with Crippen LogP contribution in [-0.2, 0) is 5.54 Å². The molecule has 3 aliphatic heterocycles. The summed E-state index contributed by atoms with van der Waals surface area (Å²) in [6, 6.07) is 15.8. The first-order valence-corrected chi connectivity index (χ1v) is 13.1. The molecular formula is C30H31N5O2. The Bertz CT molecular complexity index is 1530. The van der Waals surface area contributed by atoms with E-state index in [2.05, 4.69) is 62.5 Å². The summed E-state index contributed by atoms with van der Waals surface area (Å²) >= 11 is 0. The molecule has 7 heteroatoms. The van der Waals surface area contributed by atoms with Gasteiger partial charge in [-0.15, -0.1) is 0 Å². The lowest BCUT2D eigenvalue weighted by Gasteiger charge is -2.55. The largest absolute Gasteiger partial charge is 0.441 e. The Kier molecular flexibility index (Phi) is 4.95. The number of piperazine rings is 1. The topological polar surface area (TPSA) is 74.5 Å². The van der Waals surface area contributed by atoms with Crippen LogP contribution in [0.25, 0.3) is 22.2 Å². The average Bonchev–Trinajstić information content (AvgIpc) is 3.57. The van der Waals surface area contributed by atoms with Crippen molar-refractivity contribution in [3.05, 3.63) is 77.4 Å². The van der Waals surface area contributed by atoms with Crippen molar-refractivity contribution in [2.75, 3.05) is 25.0 Å². The molecule has 3 saturated heterocycles. The lowest BCUT2D eigenvalue weighted by Crippen LogP contribution is -2.67. The summed E-state index contributed by atoms with van der Waals surface area (Å²) < 4.78 is 5.83. The van der Waals surface area contributed by atoms with Gasteiger partial charge in [-0.3, -0.25) is 14.7 Å². The number of nitrogens with zero attached hydrogens (tertiary/aromatic N) is 4. The standard InChI is InChI=1S/C30H31N5O2/c1-18-6-7-21(35-16-22-13-23(17-35)34(22)3)14-25(18)29(36)33-30(8-9-30)26-11-20(28-15-32-19(2)37-28)12-27-24(26)5-4-10-31-27/h4-7,10-12,14-15,22-23H,8-9,13,16-17H2,1-3H3,(H,33,36). The van der Waals surface area contributed by atoms with Gasteiger partial charge in [0, 0.05) is 60.5 Å². The van der Waals surface area contributed by atoms with Crippen molar-refractivity contribution in [2.24, 2.45) is 0 Å². The minimum atomic E-state index is -0.415. The van der Waals surface area contributed by atoms with Crippen LogP contribution in [0.5, 0.6) is 0 Å². The molecule has 4 aliphatic rings. The van der Waals surface area contributed by atoms with Crippen LogP contribution < -0.4 is 10.2 Å². The van der Waals surface area contributed by atoms with E-state index in [0.29, 0.717) is 23.7 Å². The highest BCUT2D eigenvalue weighted by Crippen LogP contribution is 2.49. The number of aromatic nitrogens is 2. The molecule has 1 N–H and O–H groups in total. The average molecular weight is 494 g/mol. The van der Waals surface area contributed by atoms with Crippen LogP contribution in [0.1, 0.15) is 46.6 Å². The van der Waals surface area contributed by atoms with E-state index in [-0.39, 0.29) is 5.91 Å². The molecule has 1 amide bonds. The summed E-state index contributed by atoms with van der Waals surface area (Å²) in [7, 11) is 2.22. The van der Waals surface area contributed by atoms with E-state index in [9.17, 15) is 4.79 Å². The number of benzene rings is 2. The van der Waals surface area contributed by atoms with Crippen molar-refractivity contribution < 1.29 is 9.21 Å². The van der Waals surface area contributed by atoms with Crippen molar-refractivity contribution >= 4 is 22.5 Å². The molecule has 37 heavy (non-hydrogen) atoms. The van der Waals surface area contributed by atoms with Crippen LogP contribution in [0.3, 0.4) is 0 Å². The second kappa shape index (κ2) is 8.15. The fourth-order valence-electron chi connectivity index (χ4n) is 6.15. The molecule has 1 aliphatic carbocycles. The summed E-state index contributed by atoms with van der Waals surface area (Å²) in [5.74, 6) is 1.32. The van der Waals surface area contributed by atoms with Crippen LogP contribution in [0, 0.1) is 13.8 Å². The number of likely N-dealkylation sites (N-methyl/N-ethyl adjacent to an activating group) is 1. The molecule has 5 heterocycles. The van der Waals surface area contributed by atoms with Gasteiger partial charge < -0.3 is 14.6 Å². The first-order chi connectivity index (χ1) is 17.9. The van der Waals surface area contributed by atoms with Gasteiger partial charge in [0.1, 0.15) is 0 Å². The van der Waals surface area contributed by atoms with Gasteiger partial charge in [0.25, 0.3) is 5.91 Å². The fourth-order valence-corrected chi connectivity index (χ4v) is 6.15. The molecule has 0 radical (unpaired) electrons. The van der Waals surface area contributed by atoms with E-state index in [4.69, 9.17) is 4.42 Å². The summed E-state index contributed by atoms with van der Waals surface area (Å²) in [5.41, 5.74) is 5.37.